The largest absolute Gasteiger partial charge is 0.367 e. The van der Waals surface area contributed by atoms with Crippen LogP contribution >= 0.6 is 11.6 Å². The number of hydrogen-bond acceptors (Lipinski definition) is 2. The van der Waals surface area contributed by atoms with Crippen LogP contribution in [-0.4, -0.2) is 35.3 Å². The molecule has 19 heavy (non-hydrogen) atoms. The van der Waals surface area contributed by atoms with E-state index in [2.05, 4.69) is 36.9 Å². The van der Waals surface area contributed by atoms with Crippen LogP contribution in [0.1, 0.15) is 26.3 Å². The summed E-state index contributed by atoms with van der Waals surface area (Å²) in [6.07, 6.45) is 0. The SMILES string of the molecule is CC(Cl)C(=O)N1CCN(C(C)C)c2ccccc2C1. The Morgan fingerprint density at radius 1 is 1.21 bits per heavy atom. The summed E-state index contributed by atoms with van der Waals surface area (Å²) in [6, 6.07) is 8.72. The predicted molar refractivity (Wildman–Crippen MR) is 79.7 cm³/mol. The highest BCUT2D eigenvalue weighted by Gasteiger charge is 2.25. The van der Waals surface area contributed by atoms with Crippen molar-refractivity contribution in [1.29, 1.82) is 0 Å². The molecule has 0 saturated carbocycles. The third-order valence-electron chi connectivity index (χ3n) is 3.55. The quantitative estimate of drug-likeness (QED) is 0.778. The van der Waals surface area contributed by atoms with E-state index in [1.807, 2.05) is 11.0 Å². The lowest BCUT2D eigenvalue weighted by molar-refractivity contribution is -0.130. The van der Waals surface area contributed by atoms with E-state index in [9.17, 15) is 4.79 Å². The Labute approximate surface area is 120 Å². The maximum absolute atomic E-state index is 12.1. The van der Waals surface area contributed by atoms with Crippen molar-refractivity contribution in [2.24, 2.45) is 0 Å². The Morgan fingerprint density at radius 2 is 1.89 bits per heavy atom. The van der Waals surface area contributed by atoms with Crippen LogP contribution in [0.4, 0.5) is 5.69 Å². The third-order valence-corrected chi connectivity index (χ3v) is 3.74. The molecule has 2 rings (SSSR count). The molecule has 0 bridgehead atoms. The summed E-state index contributed by atoms with van der Waals surface area (Å²) in [5.41, 5.74) is 2.43. The fourth-order valence-electron chi connectivity index (χ4n) is 2.53. The molecule has 0 radical (unpaired) electrons. The molecule has 1 amide bonds. The van der Waals surface area contributed by atoms with Crippen molar-refractivity contribution in [3.63, 3.8) is 0 Å². The Bertz CT molecular complexity index is 459. The molecule has 1 unspecified atom stereocenters. The van der Waals surface area contributed by atoms with E-state index in [1.165, 1.54) is 11.3 Å². The van der Waals surface area contributed by atoms with E-state index in [1.54, 1.807) is 6.92 Å². The molecule has 1 atom stereocenters. The van der Waals surface area contributed by atoms with Gasteiger partial charge in [0.05, 0.1) is 0 Å². The van der Waals surface area contributed by atoms with Crippen molar-refractivity contribution < 1.29 is 4.79 Å². The average molecular weight is 281 g/mol. The summed E-state index contributed by atoms with van der Waals surface area (Å²) >= 11 is 5.94. The molecular weight excluding hydrogens is 260 g/mol. The van der Waals surface area contributed by atoms with E-state index in [0.717, 1.165) is 13.1 Å². The molecule has 1 heterocycles. The number of para-hydroxylation sites is 1. The van der Waals surface area contributed by atoms with E-state index >= 15 is 0 Å². The minimum atomic E-state index is -0.460. The molecule has 1 aliphatic rings. The standard InChI is InChI=1S/C15H21ClN2O/c1-11(2)18-9-8-17(15(19)12(3)16)10-13-6-4-5-7-14(13)18/h4-7,11-12H,8-10H2,1-3H3. The zero-order chi connectivity index (χ0) is 14.0. The fourth-order valence-corrected chi connectivity index (χ4v) is 2.67. The number of alkyl halides is 1. The van der Waals surface area contributed by atoms with Gasteiger partial charge in [-0.2, -0.15) is 0 Å². The molecule has 1 aromatic rings. The monoisotopic (exact) mass is 280 g/mol. The number of benzene rings is 1. The van der Waals surface area contributed by atoms with Crippen LogP contribution in [0.25, 0.3) is 0 Å². The lowest BCUT2D eigenvalue weighted by Gasteiger charge is -2.29. The van der Waals surface area contributed by atoms with Gasteiger partial charge in [0.2, 0.25) is 5.91 Å². The van der Waals surface area contributed by atoms with Gasteiger partial charge in [0.25, 0.3) is 0 Å². The maximum atomic E-state index is 12.1. The molecule has 0 aliphatic carbocycles. The van der Waals surface area contributed by atoms with Gasteiger partial charge in [-0.3, -0.25) is 4.79 Å². The van der Waals surface area contributed by atoms with E-state index in [-0.39, 0.29) is 5.91 Å². The van der Waals surface area contributed by atoms with Gasteiger partial charge in [-0.05, 0) is 32.4 Å². The lowest BCUT2D eigenvalue weighted by Crippen LogP contribution is -2.40. The molecule has 1 aliphatic heterocycles. The van der Waals surface area contributed by atoms with Gasteiger partial charge in [0.1, 0.15) is 5.38 Å². The lowest BCUT2D eigenvalue weighted by atomic mass is 10.1. The fraction of sp³-hybridized carbons (Fsp3) is 0.533. The van der Waals surface area contributed by atoms with Crippen LogP contribution in [0.3, 0.4) is 0 Å². The molecule has 3 nitrogen and oxygen atoms in total. The molecule has 0 N–H and O–H groups in total. The highest BCUT2D eigenvalue weighted by atomic mass is 35.5. The first-order valence-corrected chi connectivity index (χ1v) is 7.21. The van der Waals surface area contributed by atoms with E-state index in [0.29, 0.717) is 12.6 Å². The summed E-state index contributed by atoms with van der Waals surface area (Å²) < 4.78 is 0. The zero-order valence-corrected chi connectivity index (χ0v) is 12.5. The summed E-state index contributed by atoms with van der Waals surface area (Å²) in [7, 11) is 0. The van der Waals surface area contributed by atoms with Crippen molar-refractivity contribution in [2.75, 3.05) is 18.0 Å². The number of carbonyl (C=O) groups is 1. The van der Waals surface area contributed by atoms with E-state index < -0.39 is 5.38 Å². The number of fused-ring (bicyclic) bond motifs is 1. The van der Waals surface area contributed by atoms with Crippen LogP contribution < -0.4 is 4.90 Å². The molecule has 1 aromatic carbocycles. The predicted octanol–water partition coefficient (Wildman–Crippen LogP) is 2.87. The van der Waals surface area contributed by atoms with Crippen LogP contribution in [0.2, 0.25) is 0 Å². The number of halogens is 1. The summed E-state index contributed by atoms with van der Waals surface area (Å²) in [4.78, 5) is 16.3. The van der Waals surface area contributed by atoms with Crippen LogP contribution in [0, 0.1) is 0 Å². The Balaban J connectivity index is 2.31. The number of amides is 1. The first-order chi connectivity index (χ1) is 9.00. The van der Waals surface area contributed by atoms with Gasteiger partial charge < -0.3 is 9.80 Å². The second-order valence-electron chi connectivity index (χ2n) is 5.29. The topological polar surface area (TPSA) is 23.6 Å². The minimum Gasteiger partial charge on any atom is -0.367 e. The normalized spacial score (nSPS) is 17.1. The van der Waals surface area contributed by atoms with E-state index in [4.69, 9.17) is 11.6 Å². The smallest absolute Gasteiger partial charge is 0.240 e. The first-order valence-electron chi connectivity index (χ1n) is 6.78. The highest BCUT2D eigenvalue weighted by molar-refractivity contribution is 6.30. The average Bonchev–Trinajstić information content (AvgIpc) is 2.56. The van der Waals surface area contributed by atoms with Crippen molar-refractivity contribution in [3.8, 4) is 0 Å². The van der Waals surface area contributed by atoms with Crippen LogP contribution in [0.15, 0.2) is 24.3 Å². The zero-order valence-electron chi connectivity index (χ0n) is 11.8. The molecule has 0 fully saturated rings. The molecule has 104 valence electrons. The Kier molecular flexibility index (Phi) is 4.35. The summed E-state index contributed by atoms with van der Waals surface area (Å²) in [5, 5.41) is -0.460. The highest BCUT2D eigenvalue weighted by Crippen LogP contribution is 2.27. The maximum Gasteiger partial charge on any atom is 0.240 e. The van der Waals surface area contributed by atoms with Gasteiger partial charge >= 0.3 is 0 Å². The number of anilines is 1. The second kappa shape index (κ2) is 5.83. The molecule has 0 aromatic heterocycles. The Hall–Kier alpha value is -1.22. The second-order valence-corrected chi connectivity index (χ2v) is 5.95. The number of rotatable bonds is 2. The van der Waals surface area contributed by atoms with Gasteiger partial charge in [-0.25, -0.2) is 0 Å². The third kappa shape index (κ3) is 3.03. The molecule has 4 heteroatoms. The van der Waals surface area contributed by atoms with Gasteiger partial charge in [0.15, 0.2) is 0 Å². The molecular formula is C15H21ClN2O. The first kappa shape index (κ1) is 14.2. The molecule has 0 spiro atoms. The van der Waals surface area contributed by atoms with Crippen LogP contribution in [-0.2, 0) is 11.3 Å². The van der Waals surface area contributed by atoms with Gasteiger partial charge in [0, 0.05) is 31.4 Å². The van der Waals surface area contributed by atoms with Crippen LogP contribution in [0.5, 0.6) is 0 Å². The summed E-state index contributed by atoms with van der Waals surface area (Å²) in [5.74, 6) is 0.0158. The van der Waals surface area contributed by atoms with Gasteiger partial charge in [-0.1, -0.05) is 18.2 Å². The summed E-state index contributed by atoms with van der Waals surface area (Å²) in [6.45, 7) is 8.32. The van der Waals surface area contributed by atoms with Crippen molar-refractivity contribution in [3.05, 3.63) is 29.8 Å². The van der Waals surface area contributed by atoms with Crippen molar-refractivity contribution in [1.82, 2.24) is 4.90 Å². The number of hydrogen-bond donors (Lipinski definition) is 0. The number of nitrogens with zero attached hydrogens (tertiary/aromatic N) is 2. The minimum absolute atomic E-state index is 0.0158. The molecule has 0 saturated heterocycles. The Morgan fingerprint density at radius 3 is 2.53 bits per heavy atom. The van der Waals surface area contributed by atoms with Crippen molar-refractivity contribution >= 4 is 23.2 Å². The van der Waals surface area contributed by atoms with Crippen molar-refractivity contribution in [2.45, 2.75) is 38.7 Å². The van der Waals surface area contributed by atoms with Gasteiger partial charge in [-0.15, -0.1) is 11.6 Å². The number of carbonyl (C=O) groups excluding carboxylic acids is 1.